The Morgan fingerprint density at radius 1 is 1.23 bits per heavy atom. The molecule has 0 aromatic heterocycles. The Bertz CT molecular complexity index is 680. The largest absolute Gasteiger partial charge is 0.508 e. The minimum absolute atomic E-state index is 0.00963. The standard InChI is InChI=1S/C18H20N2O2/c1-12(2-3-13-4-8-16(21)9-5-13)20-15-7-6-14-11-19-18(22)17(14)10-15/h4-10,12,20-21H,2-3,11H2,1H3,(H,19,22)/t12-/m0/s1. The van der Waals surface area contributed by atoms with E-state index in [1.807, 2.05) is 30.3 Å². The quantitative estimate of drug-likeness (QED) is 0.794. The molecule has 0 saturated heterocycles. The molecule has 0 bridgehead atoms. The number of anilines is 1. The van der Waals surface area contributed by atoms with Crippen molar-refractivity contribution in [2.45, 2.75) is 32.4 Å². The van der Waals surface area contributed by atoms with Crippen molar-refractivity contribution in [3.05, 3.63) is 59.2 Å². The lowest BCUT2D eigenvalue weighted by Gasteiger charge is -2.16. The topological polar surface area (TPSA) is 61.4 Å². The summed E-state index contributed by atoms with van der Waals surface area (Å²) in [5.41, 5.74) is 4.02. The number of aryl methyl sites for hydroxylation is 1. The van der Waals surface area contributed by atoms with E-state index in [0.29, 0.717) is 18.3 Å². The van der Waals surface area contributed by atoms with Gasteiger partial charge in [-0.15, -0.1) is 0 Å². The molecule has 0 spiro atoms. The summed E-state index contributed by atoms with van der Waals surface area (Å²) in [6.45, 7) is 2.76. The van der Waals surface area contributed by atoms with Crippen LogP contribution < -0.4 is 10.6 Å². The summed E-state index contributed by atoms with van der Waals surface area (Å²) >= 11 is 0. The van der Waals surface area contributed by atoms with Gasteiger partial charge in [0.15, 0.2) is 0 Å². The highest BCUT2D eigenvalue weighted by Gasteiger charge is 2.18. The maximum Gasteiger partial charge on any atom is 0.251 e. The first-order chi connectivity index (χ1) is 10.6. The second-order valence-corrected chi connectivity index (χ2v) is 5.81. The number of fused-ring (bicyclic) bond motifs is 1. The van der Waals surface area contributed by atoms with E-state index in [-0.39, 0.29) is 5.91 Å². The normalized spacial score (nSPS) is 14.3. The van der Waals surface area contributed by atoms with Gasteiger partial charge < -0.3 is 15.7 Å². The van der Waals surface area contributed by atoms with Crippen LogP contribution in [0.5, 0.6) is 5.75 Å². The van der Waals surface area contributed by atoms with E-state index in [9.17, 15) is 9.90 Å². The predicted octanol–water partition coefficient (Wildman–Crippen LogP) is 3.07. The van der Waals surface area contributed by atoms with Gasteiger partial charge in [-0.25, -0.2) is 0 Å². The average molecular weight is 296 g/mol. The molecular formula is C18H20N2O2. The number of hydrogen-bond donors (Lipinski definition) is 3. The summed E-state index contributed by atoms with van der Waals surface area (Å²) in [7, 11) is 0. The van der Waals surface area contributed by atoms with Gasteiger partial charge in [0.05, 0.1) is 0 Å². The van der Waals surface area contributed by atoms with Gasteiger partial charge in [0.1, 0.15) is 5.75 Å². The van der Waals surface area contributed by atoms with Crippen molar-refractivity contribution in [3.63, 3.8) is 0 Å². The summed E-state index contributed by atoms with van der Waals surface area (Å²) in [5.74, 6) is 0.307. The number of amides is 1. The molecule has 1 amide bonds. The Hall–Kier alpha value is -2.49. The zero-order valence-corrected chi connectivity index (χ0v) is 12.6. The van der Waals surface area contributed by atoms with Gasteiger partial charge in [-0.1, -0.05) is 18.2 Å². The number of carbonyl (C=O) groups is 1. The highest BCUT2D eigenvalue weighted by atomic mass is 16.3. The molecular weight excluding hydrogens is 276 g/mol. The molecule has 2 aromatic rings. The molecule has 2 aromatic carbocycles. The Balaban J connectivity index is 1.58. The van der Waals surface area contributed by atoms with Crippen molar-refractivity contribution in [2.24, 2.45) is 0 Å². The van der Waals surface area contributed by atoms with Crippen molar-refractivity contribution < 1.29 is 9.90 Å². The lowest BCUT2D eigenvalue weighted by Crippen LogP contribution is -2.16. The van der Waals surface area contributed by atoms with E-state index < -0.39 is 0 Å². The number of phenols is 1. The van der Waals surface area contributed by atoms with E-state index in [2.05, 4.69) is 17.6 Å². The number of phenolic OH excluding ortho intramolecular Hbond substituents is 1. The zero-order valence-electron chi connectivity index (χ0n) is 12.6. The second-order valence-electron chi connectivity index (χ2n) is 5.81. The fourth-order valence-corrected chi connectivity index (χ4v) is 2.70. The van der Waals surface area contributed by atoms with Crippen molar-refractivity contribution >= 4 is 11.6 Å². The third-order valence-electron chi connectivity index (χ3n) is 4.01. The van der Waals surface area contributed by atoms with Crippen LogP contribution in [0.1, 0.15) is 34.8 Å². The number of nitrogens with one attached hydrogen (secondary N) is 2. The highest BCUT2D eigenvalue weighted by Crippen LogP contribution is 2.21. The van der Waals surface area contributed by atoms with Crippen molar-refractivity contribution in [3.8, 4) is 5.75 Å². The summed E-state index contributed by atoms with van der Waals surface area (Å²) < 4.78 is 0. The fraction of sp³-hybridized carbons (Fsp3) is 0.278. The maximum absolute atomic E-state index is 11.7. The second kappa shape index (κ2) is 6.10. The molecule has 0 fully saturated rings. The first kappa shape index (κ1) is 14.4. The lowest BCUT2D eigenvalue weighted by atomic mass is 10.0. The molecule has 1 aliphatic heterocycles. The molecule has 22 heavy (non-hydrogen) atoms. The van der Waals surface area contributed by atoms with Crippen LogP contribution >= 0.6 is 0 Å². The Morgan fingerprint density at radius 2 is 2.00 bits per heavy atom. The monoisotopic (exact) mass is 296 g/mol. The summed E-state index contributed by atoms with van der Waals surface area (Å²) in [5, 5.41) is 15.6. The van der Waals surface area contributed by atoms with Crippen LogP contribution in [0.4, 0.5) is 5.69 Å². The van der Waals surface area contributed by atoms with E-state index in [4.69, 9.17) is 0 Å². The van der Waals surface area contributed by atoms with Gasteiger partial charge in [0, 0.05) is 23.8 Å². The molecule has 0 saturated carbocycles. The molecule has 114 valence electrons. The van der Waals surface area contributed by atoms with Crippen LogP contribution in [0.2, 0.25) is 0 Å². The van der Waals surface area contributed by atoms with E-state index >= 15 is 0 Å². The van der Waals surface area contributed by atoms with Gasteiger partial charge in [0.2, 0.25) is 0 Å². The highest BCUT2D eigenvalue weighted by molar-refractivity contribution is 5.99. The number of benzene rings is 2. The Morgan fingerprint density at radius 3 is 2.77 bits per heavy atom. The number of aromatic hydroxyl groups is 1. The van der Waals surface area contributed by atoms with E-state index in [1.54, 1.807) is 12.1 Å². The molecule has 1 atom stereocenters. The number of hydrogen-bond acceptors (Lipinski definition) is 3. The SMILES string of the molecule is C[C@@H](CCc1ccc(O)cc1)Nc1ccc2c(c1)C(=O)NC2. The van der Waals surface area contributed by atoms with Crippen LogP contribution in [0, 0.1) is 0 Å². The molecule has 3 rings (SSSR count). The molecule has 4 heteroatoms. The van der Waals surface area contributed by atoms with Crippen molar-refractivity contribution in [1.82, 2.24) is 5.32 Å². The van der Waals surface area contributed by atoms with Crippen LogP contribution in [-0.4, -0.2) is 17.1 Å². The summed E-state index contributed by atoms with van der Waals surface area (Å²) in [6.07, 6.45) is 1.92. The zero-order chi connectivity index (χ0) is 15.5. The van der Waals surface area contributed by atoms with Crippen LogP contribution in [0.25, 0.3) is 0 Å². The third-order valence-corrected chi connectivity index (χ3v) is 4.01. The number of rotatable bonds is 5. The molecule has 1 heterocycles. The first-order valence-corrected chi connectivity index (χ1v) is 7.57. The molecule has 4 nitrogen and oxygen atoms in total. The smallest absolute Gasteiger partial charge is 0.251 e. The summed E-state index contributed by atoms with van der Waals surface area (Å²) in [4.78, 5) is 11.7. The lowest BCUT2D eigenvalue weighted by molar-refractivity contribution is 0.0966. The predicted molar refractivity (Wildman–Crippen MR) is 87.1 cm³/mol. The molecule has 0 unspecified atom stereocenters. The molecule has 3 N–H and O–H groups in total. The Kier molecular flexibility index (Phi) is 4.00. The average Bonchev–Trinajstić information content (AvgIpc) is 2.88. The van der Waals surface area contributed by atoms with E-state index in [0.717, 1.165) is 29.7 Å². The van der Waals surface area contributed by atoms with Gasteiger partial charge in [-0.3, -0.25) is 4.79 Å². The van der Waals surface area contributed by atoms with E-state index in [1.165, 1.54) is 5.56 Å². The van der Waals surface area contributed by atoms with Crippen molar-refractivity contribution in [1.29, 1.82) is 0 Å². The van der Waals surface area contributed by atoms with Gasteiger partial charge in [-0.05, 0) is 55.2 Å². The first-order valence-electron chi connectivity index (χ1n) is 7.57. The van der Waals surface area contributed by atoms with Gasteiger partial charge in [-0.2, -0.15) is 0 Å². The van der Waals surface area contributed by atoms with Crippen molar-refractivity contribution in [2.75, 3.05) is 5.32 Å². The fourth-order valence-electron chi connectivity index (χ4n) is 2.70. The van der Waals surface area contributed by atoms with Crippen LogP contribution in [-0.2, 0) is 13.0 Å². The van der Waals surface area contributed by atoms with Gasteiger partial charge in [0.25, 0.3) is 5.91 Å². The van der Waals surface area contributed by atoms with Gasteiger partial charge >= 0.3 is 0 Å². The minimum Gasteiger partial charge on any atom is -0.508 e. The molecule has 0 radical (unpaired) electrons. The van der Waals surface area contributed by atoms with Crippen LogP contribution in [0.3, 0.4) is 0 Å². The Labute approximate surface area is 130 Å². The molecule has 0 aliphatic carbocycles. The third kappa shape index (κ3) is 3.22. The maximum atomic E-state index is 11.7. The summed E-state index contributed by atoms with van der Waals surface area (Å²) in [6, 6.07) is 13.6. The van der Waals surface area contributed by atoms with Crippen LogP contribution in [0.15, 0.2) is 42.5 Å². The minimum atomic E-state index is 0.00963. The molecule has 1 aliphatic rings. The number of carbonyl (C=O) groups excluding carboxylic acids is 1.